The summed E-state index contributed by atoms with van der Waals surface area (Å²) in [5, 5.41) is 9.04. The van der Waals surface area contributed by atoms with E-state index < -0.39 is 6.04 Å². The summed E-state index contributed by atoms with van der Waals surface area (Å²) in [6.07, 6.45) is 4.10. The van der Waals surface area contributed by atoms with Crippen LogP contribution in [0.1, 0.15) is 31.9 Å². The Morgan fingerprint density at radius 2 is 2.19 bits per heavy atom. The van der Waals surface area contributed by atoms with Gasteiger partial charge in [0.1, 0.15) is 11.8 Å². The van der Waals surface area contributed by atoms with E-state index in [-0.39, 0.29) is 17.6 Å². The molecule has 1 atom stereocenters. The summed E-state index contributed by atoms with van der Waals surface area (Å²) in [6.45, 7) is 4.55. The van der Waals surface area contributed by atoms with E-state index in [0.29, 0.717) is 30.6 Å². The van der Waals surface area contributed by atoms with E-state index in [9.17, 15) is 9.59 Å². The molecular formula is C18H24N4O4S. The molecule has 27 heavy (non-hydrogen) atoms. The Bertz CT molecular complexity index is 816. The number of nitrogens with zero attached hydrogens (tertiary/aromatic N) is 4. The Morgan fingerprint density at radius 3 is 2.89 bits per heavy atom. The fourth-order valence-electron chi connectivity index (χ4n) is 3.21. The molecule has 1 aliphatic rings. The highest BCUT2D eigenvalue weighted by molar-refractivity contribution is 7.99. The first-order chi connectivity index (χ1) is 13.0. The zero-order valence-electron chi connectivity index (χ0n) is 15.8. The van der Waals surface area contributed by atoms with Crippen LogP contribution in [0.2, 0.25) is 0 Å². The number of esters is 1. The largest absolute Gasteiger partial charge is 0.469 e. The van der Waals surface area contributed by atoms with Crippen LogP contribution in [0.3, 0.4) is 0 Å². The van der Waals surface area contributed by atoms with Crippen molar-refractivity contribution in [3.63, 3.8) is 0 Å². The van der Waals surface area contributed by atoms with Gasteiger partial charge in [-0.1, -0.05) is 11.8 Å². The van der Waals surface area contributed by atoms with Crippen LogP contribution in [-0.2, 0) is 21.4 Å². The molecule has 0 radical (unpaired) electrons. The Morgan fingerprint density at radius 1 is 1.37 bits per heavy atom. The summed E-state index contributed by atoms with van der Waals surface area (Å²) in [4.78, 5) is 26.5. The lowest BCUT2D eigenvalue weighted by atomic mass is 10.0. The van der Waals surface area contributed by atoms with Crippen LogP contribution in [0.4, 0.5) is 0 Å². The van der Waals surface area contributed by atoms with Gasteiger partial charge in [0.2, 0.25) is 5.91 Å². The monoisotopic (exact) mass is 392 g/mol. The molecule has 2 aromatic heterocycles. The van der Waals surface area contributed by atoms with Gasteiger partial charge in [0.05, 0.1) is 24.2 Å². The van der Waals surface area contributed by atoms with Gasteiger partial charge in [-0.3, -0.25) is 4.79 Å². The Hall–Kier alpha value is -2.29. The van der Waals surface area contributed by atoms with Crippen LogP contribution in [0.5, 0.6) is 0 Å². The number of carbonyl (C=O) groups is 2. The van der Waals surface area contributed by atoms with E-state index >= 15 is 0 Å². The van der Waals surface area contributed by atoms with Crippen molar-refractivity contribution in [2.24, 2.45) is 7.05 Å². The number of likely N-dealkylation sites (tertiary alicyclic amines) is 1. The first-order valence-corrected chi connectivity index (χ1v) is 10.0. The van der Waals surface area contributed by atoms with Crippen LogP contribution in [0, 0.1) is 6.92 Å². The number of furan rings is 1. The zero-order chi connectivity index (χ0) is 19.4. The lowest BCUT2D eigenvalue weighted by Gasteiger charge is -2.33. The number of piperidine rings is 1. The van der Waals surface area contributed by atoms with Crippen molar-refractivity contribution < 1.29 is 18.7 Å². The predicted molar refractivity (Wildman–Crippen MR) is 100 cm³/mol. The maximum Gasteiger partial charge on any atom is 0.328 e. The van der Waals surface area contributed by atoms with E-state index in [1.807, 2.05) is 24.6 Å². The third kappa shape index (κ3) is 4.18. The van der Waals surface area contributed by atoms with Crippen LogP contribution in [0.15, 0.2) is 21.9 Å². The van der Waals surface area contributed by atoms with Gasteiger partial charge in [-0.2, -0.15) is 0 Å². The molecule has 0 aromatic carbocycles. The normalized spacial score (nSPS) is 17.1. The maximum absolute atomic E-state index is 12.7. The van der Waals surface area contributed by atoms with Crippen LogP contribution in [0.25, 0.3) is 11.4 Å². The Balaban J connectivity index is 1.66. The highest BCUT2D eigenvalue weighted by Crippen LogP contribution is 2.26. The molecular weight excluding hydrogens is 368 g/mol. The summed E-state index contributed by atoms with van der Waals surface area (Å²) in [5.74, 6) is 1.27. The molecule has 1 fully saturated rings. The molecule has 0 spiro atoms. The minimum Gasteiger partial charge on any atom is -0.469 e. The average molecular weight is 392 g/mol. The summed E-state index contributed by atoms with van der Waals surface area (Å²) in [6, 6.07) is 1.37. The smallest absolute Gasteiger partial charge is 0.328 e. The van der Waals surface area contributed by atoms with Crippen LogP contribution >= 0.6 is 11.8 Å². The number of thioether (sulfide) groups is 1. The predicted octanol–water partition coefficient (Wildman–Crippen LogP) is 2.42. The minimum atomic E-state index is -0.476. The molecule has 0 saturated carbocycles. The quantitative estimate of drug-likeness (QED) is 0.551. The SMILES string of the molecule is CCOC(=O)[C@@H]1CCCCN1C(=O)CSc1nnc(-c2ccoc2C)n1C. The lowest BCUT2D eigenvalue weighted by Crippen LogP contribution is -2.49. The first kappa shape index (κ1) is 19.5. The number of hydrogen-bond acceptors (Lipinski definition) is 7. The number of carbonyl (C=O) groups excluding carboxylic acids is 2. The highest BCUT2D eigenvalue weighted by Gasteiger charge is 2.33. The van der Waals surface area contributed by atoms with Crippen molar-refractivity contribution in [3.05, 3.63) is 18.1 Å². The van der Waals surface area contributed by atoms with E-state index in [2.05, 4.69) is 10.2 Å². The molecule has 0 N–H and O–H groups in total. The van der Waals surface area contributed by atoms with Gasteiger partial charge in [-0.15, -0.1) is 10.2 Å². The molecule has 0 unspecified atom stereocenters. The van der Waals surface area contributed by atoms with Gasteiger partial charge in [-0.05, 0) is 39.2 Å². The van der Waals surface area contributed by atoms with E-state index in [0.717, 1.165) is 24.2 Å². The van der Waals surface area contributed by atoms with Gasteiger partial charge >= 0.3 is 5.97 Å². The Labute approximate surface area is 162 Å². The molecule has 1 amide bonds. The number of aromatic nitrogens is 3. The molecule has 9 heteroatoms. The zero-order valence-corrected chi connectivity index (χ0v) is 16.6. The molecule has 0 bridgehead atoms. The standard InChI is InChI=1S/C18H24N4O4S/c1-4-25-17(24)14-7-5-6-9-22(14)15(23)11-27-18-20-19-16(21(18)3)13-8-10-26-12(13)2/h8,10,14H,4-7,9,11H2,1-3H3/t14-/m0/s1. The average Bonchev–Trinajstić information content (AvgIpc) is 3.25. The molecule has 2 aromatic rings. The molecule has 1 aliphatic heterocycles. The van der Waals surface area contributed by atoms with Gasteiger partial charge in [0.15, 0.2) is 11.0 Å². The topological polar surface area (TPSA) is 90.5 Å². The number of ether oxygens (including phenoxy) is 1. The summed E-state index contributed by atoms with van der Waals surface area (Å²) in [7, 11) is 1.86. The minimum absolute atomic E-state index is 0.0817. The third-order valence-electron chi connectivity index (χ3n) is 4.64. The van der Waals surface area contributed by atoms with E-state index in [1.54, 1.807) is 18.1 Å². The number of hydrogen-bond donors (Lipinski definition) is 0. The van der Waals surface area contributed by atoms with Crippen molar-refractivity contribution in [3.8, 4) is 11.4 Å². The van der Waals surface area contributed by atoms with Gasteiger partial charge in [0.25, 0.3) is 0 Å². The van der Waals surface area contributed by atoms with Crippen molar-refractivity contribution in [2.75, 3.05) is 18.9 Å². The summed E-state index contributed by atoms with van der Waals surface area (Å²) in [5.41, 5.74) is 0.876. The highest BCUT2D eigenvalue weighted by atomic mass is 32.2. The number of aryl methyl sites for hydroxylation is 1. The van der Waals surface area contributed by atoms with Gasteiger partial charge < -0.3 is 18.6 Å². The second-order valence-corrected chi connectivity index (χ2v) is 7.34. The summed E-state index contributed by atoms with van der Waals surface area (Å²) >= 11 is 1.32. The van der Waals surface area contributed by atoms with Crippen molar-refractivity contribution >= 4 is 23.6 Å². The number of rotatable bonds is 6. The van der Waals surface area contributed by atoms with Crippen LogP contribution < -0.4 is 0 Å². The van der Waals surface area contributed by atoms with Crippen molar-refractivity contribution in [1.29, 1.82) is 0 Å². The fraction of sp³-hybridized carbons (Fsp3) is 0.556. The second-order valence-electron chi connectivity index (χ2n) is 6.40. The Kier molecular flexibility index (Phi) is 6.20. The van der Waals surface area contributed by atoms with Gasteiger partial charge in [0, 0.05) is 13.6 Å². The van der Waals surface area contributed by atoms with Crippen molar-refractivity contribution in [2.45, 2.75) is 44.3 Å². The third-order valence-corrected chi connectivity index (χ3v) is 5.65. The van der Waals surface area contributed by atoms with Crippen LogP contribution in [-0.4, -0.2) is 56.5 Å². The first-order valence-electron chi connectivity index (χ1n) is 9.05. The molecule has 3 rings (SSSR count). The fourth-order valence-corrected chi connectivity index (χ4v) is 4.01. The van der Waals surface area contributed by atoms with Crippen molar-refractivity contribution in [1.82, 2.24) is 19.7 Å². The molecule has 146 valence electrons. The lowest BCUT2D eigenvalue weighted by molar-refractivity contribution is -0.155. The molecule has 0 aliphatic carbocycles. The van der Waals surface area contributed by atoms with Gasteiger partial charge in [-0.25, -0.2) is 4.79 Å². The molecule has 1 saturated heterocycles. The number of amides is 1. The molecule has 8 nitrogen and oxygen atoms in total. The molecule has 3 heterocycles. The second kappa shape index (κ2) is 8.60. The van der Waals surface area contributed by atoms with E-state index in [1.165, 1.54) is 11.8 Å². The maximum atomic E-state index is 12.7. The summed E-state index contributed by atoms with van der Waals surface area (Å²) < 4.78 is 12.3. The van der Waals surface area contributed by atoms with E-state index in [4.69, 9.17) is 9.15 Å².